The molecule has 1 aromatic carbocycles. The summed E-state index contributed by atoms with van der Waals surface area (Å²) in [6, 6.07) is 11.0. The van der Waals surface area contributed by atoms with Gasteiger partial charge >= 0.3 is 0 Å². The van der Waals surface area contributed by atoms with Crippen LogP contribution in [0.4, 0.5) is 5.69 Å². The third-order valence-corrected chi connectivity index (χ3v) is 3.00. The van der Waals surface area contributed by atoms with Crippen LogP contribution in [0.1, 0.15) is 20.8 Å². The molecule has 0 aliphatic heterocycles. The second-order valence-corrected chi connectivity index (χ2v) is 4.74. The first-order valence-electron chi connectivity index (χ1n) is 7.02. The number of aromatic nitrogens is 3. The largest absolute Gasteiger partial charge is 0.337 e. The van der Waals surface area contributed by atoms with Gasteiger partial charge in [-0.1, -0.05) is 25.4 Å². The van der Waals surface area contributed by atoms with Gasteiger partial charge < -0.3 is 10.3 Å². The van der Waals surface area contributed by atoms with Crippen molar-refractivity contribution < 1.29 is 4.79 Å². The van der Waals surface area contributed by atoms with Gasteiger partial charge in [-0.05, 0) is 36.4 Å². The number of halogens is 1. The van der Waals surface area contributed by atoms with E-state index in [0.29, 0.717) is 16.6 Å². The first-order chi connectivity index (χ1) is 10.6. The van der Waals surface area contributed by atoms with Crippen LogP contribution in [0.25, 0.3) is 22.6 Å². The number of nitrogens with zero attached hydrogens (tertiary/aromatic N) is 2. The molecule has 3 aromatic rings. The summed E-state index contributed by atoms with van der Waals surface area (Å²) >= 11 is 5.84. The van der Waals surface area contributed by atoms with Crippen LogP contribution in [0, 0.1) is 0 Å². The van der Waals surface area contributed by atoms with E-state index in [4.69, 9.17) is 11.6 Å². The Bertz CT molecular complexity index is 786. The molecule has 23 heavy (non-hydrogen) atoms. The lowest BCUT2D eigenvalue weighted by molar-refractivity contribution is -0.114. The zero-order valence-corrected chi connectivity index (χ0v) is 14.0. The maximum atomic E-state index is 11.0. The van der Waals surface area contributed by atoms with E-state index in [1.165, 1.54) is 6.92 Å². The highest BCUT2D eigenvalue weighted by Gasteiger charge is 2.07. The Balaban J connectivity index is 0.000000849. The van der Waals surface area contributed by atoms with Crippen LogP contribution >= 0.6 is 11.6 Å². The smallest absolute Gasteiger partial charge is 0.221 e. The van der Waals surface area contributed by atoms with Crippen LogP contribution in [0.15, 0.2) is 36.4 Å². The standard InChI is InChI=1S/C14H11ClN4O.C2H6.B/c1-8(20)16-10-4-2-9(3-5-10)13-17-11-6-7-12(15)18-14(11)19-13;1-2;/h2-7H,1H3,(H,16,20)(H,17,18,19);1-2H3;. The van der Waals surface area contributed by atoms with Crippen molar-refractivity contribution in [2.75, 3.05) is 5.32 Å². The van der Waals surface area contributed by atoms with Crippen molar-refractivity contribution in [3.63, 3.8) is 0 Å². The maximum absolute atomic E-state index is 11.0. The number of hydrogen-bond acceptors (Lipinski definition) is 3. The normalized spacial score (nSPS) is 9.57. The third kappa shape index (κ3) is 4.56. The summed E-state index contributed by atoms with van der Waals surface area (Å²) in [5.41, 5.74) is 3.07. The number of rotatable bonds is 2. The first kappa shape index (κ1) is 18.7. The van der Waals surface area contributed by atoms with Crippen molar-refractivity contribution >= 4 is 42.8 Å². The fraction of sp³-hybridized carbons (Fsp3) is 0.188. The lowest BCUT2D eigenvalue weighted by Crippen LogP contribution is -2.05. The molecule has 2 N–H and O–H groups in total. The molecule has 2 heterocycles. The number of carbonyl (C=O) groups excluding carboxylic acids is 1. The Hall–Kier alpha value is -2.34. The number of carbonyl (C=O) groups is 1. The number of pyridine rings is 1. The highest BCUT2D eigenvalue weighted by Crippen LogP contribution is 2.22. The molecule has 0 unspecified atom stereocenters. The molecule has 0 atom stereocenters. The van der Waals surface area contributed by atoms with Crippen molar-refractivity contribution in [2.24, 2.45) is 0 Å². The molecule has 1 amide bonds. The molecule has 0 bridgehead atoms. The average Bonchev–Trinajstić information content (AvgIpc) is 2.92. The molecule has 0 saturated carbocycles. The SMILES string of the molecule is CC.CC(=O)Nc1ccc(-c2nc3nc(Cl)ccc3[nH]2)cc1.[B]. The topological polar surface area (TPSA) is 70.7 Å². The monoisotopic (exact) mass is 327 g/mol. The Morgan fingerprint density at radius 2 is 1.74 bits per heavy atom. The minimum Gasteiger partial charge on any atom is -0.337 e. The number of benzene rings is 1. The predicted octanol–water partition coefficient (Wildman–Crippen LogP) is 3.88. The van der Waals surface area contributed by atoms with Crippen molar-refractivity contribution in [1.29, 1.82) is 0 Å². The number of amides is 1. The Labute approximate surface area is 142 Å². The third-order valence-electron chi connectivity index (χ3n) is 2.79. The zero-order valence-electron chi connectivity index (χ0n) is 13.2. The van der Waals surface area contributed by atoms with Gasteiger partial charge in [-0.15, -0.1) is 0 Å². The van der Waals surface area contributed by atoms with Crippen molar-refractivity contribution in [3.8, 4) is 11.4 Å². The van der Waals surface area contributed by atoms with E-state index in [1.54, 1.807) is 6.07 Å². The summed E-state index contributed by atoms with van der Waals surface area (Å²) in [5.74, 6) is 0.615. The molecule has 3 radical (unpaired) electrons. The van der Waals surface area contributed by atoms with E-state index in [1.807, 2.05) is 44.2 Å². The molecule has 0 spiro atoms. The van der Waals surface area contributed by atoms with E-state index in [0.717, 1.165) is 16.8 Å². The van der Waals surface area contributed by atoms with E-state index in [9.17, 15) is 4.79 Å². The number of imidazole rings is 1. The van der Waals surface area contributed by atoms with Crippen LogP contribution in [-0.4, -0.2) is 29.3 Å². The Morgan fingerprint density at radius 1 is 1.09 bits per heavy atom. The lowest BCUT2D eigenvalue weighted by atomic mass is 10.2. The minimum atomic E-state index is -0.0969. The first-order valence-corrected chi connectivity index (χ1v) is 7.40. The summed E-state index contributed by atoms with van der Waals surface area (Å²) in [6.45, 7) is 5.47. The lowest BCUT2D eigenvalue weighted by Gasteiger charge is -2.02. The number of H-pyrrole nitrogens is 1. The molecule has 0 aliphatic rings. The molecule has 5 nitrogen and oxygen atoms in total. The molecule has 0 fully saturated rings. The van der Waals surface area contributed by atoms with Gasteiger partial charge in [-0.25, -0.2) is 9.97 Å². The summed E-state index contributed by atoms with van der Waals surface area (Å²) in [7, 11) is 0. The molecule has 2 aromatic heterocycles. The van der Waals surface area contributed by atoms with Gasteiger partial charge in [-0.2, -0.15) is 0 Å². The summed E-state index contributed by atoms with van der Waals surface area (Å²) in [5, 5.41) is 3.13. The highest BCUT2D eigenvalue weighted by atomic mass is 35.5. The van der Waals surface area contributed by atoms with Gasteiger partial charge in [0, 0.05) is 26.6 Å². The van der Waals surface area contributed by atoms with E-state index < -0.39 is 0 Å². The summed E-state index contributed by atoms with van der Waals surface area (Å²) < 4.78 is 0. The Morgan fingerprint density at radius 3 is 2.35 bits per heavy atom. The van der Waals surface area contributed by atoms with Crippen molar-refractivity contribution in [3.05, 3.63) is 41.6 Å². The number of hydrogen-bond donors (Lipinski definition) is 2. The number of aromatic amines is 1. The van der Waals surface area contributed by atoms with Crippen LogP contribution in [0.5, 0.6) is 0 Å². The fourth-order valence-electron chi connectivity index (χ4n) is 1.92. The van der Waals surface area contributed by atoms with Crippen LogP contribution in [0.3, 0.4) is 0 Å². The van der Waals surface area contributed by atoms with Crippen molar-refractivity contribution in [2.45, 2.75) is 20.8 Å². The molecule has 7 heteroatoms. The quantitative estimate of drug-likeness (QED) is 0.554. The fourth-order valence-corrected chi connectivity index (χ4v) is 2.06. The molecule has 3 rings (SSSR count). The number of fused-ring (bicyclic) bond motifs is 1. The Kier molecular flexibility index (Phi) is 6.78. The molecule has 117 valence electrons. The minimum absolute atomic E-state index is 0. The number of anilines is 1. The predicted molar refractivity (Wildman–Crippen MR) is 95.7 cm³/mol. The maximum Gasteiger partial charge on any atom is 0.221 e. The van der Waals surface area contributed by atoms with E-state index in [-0.39, 0.29) is 14.3 Å². The van der Waals surface area contributed by atoms with Crippen LogP contribution < -0.4 is 5.32 Å². The number of nitrogens with one attached hydrogen (secondary N) is 2. The van der Waals surface area contributed by atoms with Crippen LogP contribution in [0.2, 0.25) is 5.15 Å². The van der Waals surface area contributed by atoms with Gasteiger partial charge in [-0.3, -0.25) is 4.79 Å². The van der Waals surface area contributed by atoms with Crippen LogP contribution in [-0.2, 0) is 4.79 Å². The average molecular weight is 328 g/mol. The van der Waals surface area contributed by atoms with Gasteiger partial charge in [0.15, 0.2) is 5.65 Å². The second kappa shape index (κ2) is 8.34. The van der Waals surface area contributed by atoms with E-state index in [2.05, 4.69) is 20.3 Å². The van der Waals surface area contributed by atoms with Gasteiger partial charge in [0.1, 0.15) is 11.0 Å². The molecule has 0 saturated heterocycles. The van der Waals surface area contributed by atoms with Gasteiger partial charge in [0.25, 0.3) is 0 Å². The molecular weight excluding hydrogens is 310 g/mol. The van der Waals surface area contributed by atoms with Gasteiger partial charge in [0.2, 0.25) is 5.91 Å². The highest BCUT2D eigenvalue weighted by molar-refractivity contribution is 6.29. The van der Waals surface area contributed by atoms with Gasteiger partial charge in [0.05, 0.1) is 5.52 Å². The second-order valence-electron chi connectivity index (χ2n) is 4.35. The van der Waals surface area contributed by atoms with Crippen molar-refractivity contribution in [1.82, 2.24) is 15.0 Å². The zero-order chi connectivity index (χ0) is 16.1. The molecule has 0 aliphatic carbocycles. The summed E-state index contributed by atoms with van der Waals surface area (Å²) in [6.07, 6.45) is 0. The molecular formula is C16H17BClN4O. The summed E-state index contributed by atoms with van der Waals surface area (Å²) in [4.78, 5) is 22.7. The van der Waals surface area contributed by atoms with E-state index >= 15 is 0 Å².